The molecule has 9 aromatic rings. The number of rotatable bonds is 9. The number of tetrazole rings is 1. The highest BCUT2D eigenvalue weighted by molar-refractivity contribution is 6.34. The van der Waals surface area contributed by atoms with Gasteiger partial charge in [-0.15, -0.1) is 15.0 Å². The summed E-state index contributed by atoms with van der Waals surface area (Å²) in [6.45, 7) is 6.85. The van der Waals surface area contributed by atoms with Crippen LogP contribution in [0.1, 0.15) is 46.3 Å². The van der Waals surface area contributed by atoms with E-state index in [2.05, 4.69) is 73.0 Å². The normalized spacial score (nSPS) is 11.9. The minimum atomic E-state index is -0.899. The van der Waals surface area contributed by atoms with Crippen molar-refractivity contribution in [1.82, 2.24) is 44.5 Å². The predicted molar refractivity (Wildman–Crippen MR) is 213 cm³/mol. The first-order valence-corrected chi connectivity index (χ1v) is 18.4. The van der Waals surface area contributed by atoms with Gasteiger partial charge in [-0.1, -0.05) is 128 Å². The SMILES string of the molecule is CCc1nc2c(C)cc(C)nc2n1Cc1ccc2nn(-c3ccccc3-c3nnn(C(c4ccccc4)(c4ccccc4)c4ccccc4)n3)c(Cl)c2c1. The molecule has 0 aliphatic heterocycles. The topological polar surface area (TPSA) is 92.1 Å². The fourth-order valence-corrected chi connectivity index (χ4v) is 7.90. The fraction of sp³-hybridized carbons (Fsp3) is 0.136. The molecular weight excluding hydrogens is 690 g/mol. The maximum atomic E-state index is 7.23. The Morgan fingerprint density at radius 3 is 1.96 bits per heavy atom. The van der Waals surface area contributed by atoms with Gasteiger partial charge < -0.3 is 4.57 Å². The van der Waals surface area contributed by atoms with Crippen LogP contribution in [-0.2, 0) is 18.5 Å². The van der Waals surface area contributed by atoms with Crippen molar-refractivity contribution in [2.45, 2.75) is 39.3 Å². The van der Waals surface area contributed by atoms with E-state index in [1.54, 1.807) is 9.48 Å². The Balaban J connectivity index is 1.14. The quantitative estimate of drug-likeness (QED) is 0.138. The van der Waals surface area contributed by atoms with Crippen molar-refractivity contribution in [3.63, 3.8) is 0 Å². The Kier molecular flexibility index (Phi) is 8.35. The molecule has 54 heavy (non-hydrogen) atoms. The van der Waals surface area contributed by atoms with Gasteiger partial charge in [0.25, 0.3) is 0 Å². The van der Waals surface area contributed by atoms with Crippen LogP contribution >= 0.6 is 11.6 Å². The number of benzene rings is 5. The lowest BCUT2D eigenvalue weighted by Gasteiger charge is -2.34. The second kappa shape index (κ2) is 13.5. The molecule has 9 rings (SSSR count). The predicted octanol–water partition coefficient (Wildman–Crippen LogP) is 9.14. The smallest absolute Gasteiger partial charge is 0.207 e. The van der Waals surface area contributed by atoms with Crippen LogP contribution < -0.4 is 0 Å². The number of aromatic nitrogens is 9. The Morgan fingerprint density at radius 1 is 0.685 bits per heavy atom. The van der Waals surface area contributed by atoms with Gasteiger partial charge in [-0.25, -0.2) is 14.6 Å². The number of halogens is 1. The molecule has 264 valence electrons. The van der Waals surface area contributed by atoms with Crippen molar-refractivity contribution in [2.24, 2.45) is 0 Å². The van der Waals surface area contributed by atoms with Gasteiger partial charge in [0, 0.05) is 23.1 Å². The van der Waals surface area contributed by atoms with Gasteiger partial charge in [0.1, 0.15) is 16.5 Å². The number of imidazole rings is 1. The van der Waals surface area contributed by atoms with Crippen molar-refractivity contribution in [3.05, 3.63) is 184 Å². The molecule has 0 spiro atoms. The van der Waals surface area contributed by atoms with Crippen LogP contribution in [0.4, 0.5) is 0 Å². The van der Waals surface area contributed by atoms with E-state index >= 15 is 0 Å². The fourth-order valence-electron chi connectivity index (χ4n) is 7.62. The largest absolute Gasteiger partial charge is 0.308 e. The summed E-state index contributed by atoms with van der Waals surface area (Å²) in [5, 5.41) is 21.0. The molecule has 0 atom stereocenters. The molecule has 0 bridgehead atoms. The number of nitrogens with zero attached hydrogens (tertiary/aromatic N) is 9. The van der Waals surface area contributed by atoms with Gasteiger partial charge in [0.05, 0.1) is 17.7 Å². The van der Waals surface area contributed by atoms with Gasteiger partial charge in [-0.05, 0) is 77.2 Å². The average Bonchev–Trinajstić information content (AvgIpc) is 3.93. The lowest BCUT2D eigenvalue weighted by Crippen LogP contribution is -2.39. The Labute approximate surface area is 317 Å². The number of para-hydroxylation sites is 1. The molecule has 9 nitrogen and oxygen atoms in total. The number of hydrogen-bond donors (Lipinski definition) is 0. The van der Waals surface area contributed by atoms with Gasteiger partial charge in [0.15, 0.2) is 11.2 Å². The third-order valence-electron chi connectivity index (χ3n) is 10.1. The third-order valence-corrected chi connectivity index (χ3v) is 10.5. The van der Waals surface area contributed by atoms with E-state index in [1.807, 2.05) is 91.9 Å². The lowest BCUT2D eigenvalue weighted by molar-refractivity contribution is 0.396. The van der Waals surface area contributed by atoms with Crippen LogP contribution in [0.2, 0.25) is 5.15 Å². The minimum Gasteiger partial charge on any atom is -0.308 e. The first-order valence-electron chi connectivity index (χ1n) is 18.0. The van der Waals surface area contributed by atoms with Crippen LogP contribution in [0.5, 0.6) is 0 Å². The van der Waals surface area contributed by atoms with Crippen molar-refractivity contribution in [1.29, 1.82) is 0 Å². The highest BCUT2D eigenvalue weighted by Crippen LogP contribution is 2.40. The van der Waals surface area contributed by atoms with E-state index in [-0.39, 0.29) is 0 Å². The Morgan fingerprint density at radius 2 is 1.31 bits per heavy atom. The van der Waals surface area contributed by atoms with Crippen LogP contribution in [-0.4, -0.2) is 44.5 Å². The standard InChI is InChI=1S/C44H36ClN9/c1-4-39-47-40-29(2)26-30(3)46-43(40)52(39)28-31-24-25-37-36(27-31)41(45)53(49-37)38-23-15-14-22-35(38)42-48-51-54(50-42)44(32-16-8-5-9-17-32,33-18-10-6-11-19-33)34-20-12-7-13-21-34/h5-27H,4,28H2,1-3H3. The zero-order chi connectivity index (χ0) is 36.8. The molecule has 4 heterocycles. The third kappa shape index (κ3) is 5.47. The summed E-state index contributed by atoms with van der Waals surface area (Å²) in [6, 6.07) is 47.1. The molecule has 0 unspecified atom stereocenters. The van der Waals surface area contributed by atoms with Gasteiger partial charge >= 0.3 is 0 Å². The van der Waals surface area contributed by atoms with E-state index in [9.17, 15) is 0 Å². The second-order valence-corrected chi connectivity index (χ2v) is 13.9. The van der Waals surface area contributed by atoms with Crippen LogP contribution in [0.25, 0.3) is 39.1 Å². The minimum absolute atomic E-state index is 0.450. The summed E-state index contributed by atoms with van der Waals surface area (Å²) >= 11 is 7.23. The summed E-state index contributed by atoms with van der Waals surface area (Å²) in [5.41, 5.74) is 9.42. The van der Waals surface area contributed by atoms with E-state index in [0.29, 0.717) is 17.5 Å². The molecule has 0 N–H and O–H groups in total. The summed E-state index contributed by atoms with van der Waals surface area (Å²) in [4.78, 5) is 11.5. The average molecular weight is 726 g/mol. The number of hydrogen-bond acceptors (Lipinski definition) is 6. The Hall–Kier alpha value is -6.45. The van der Waals surface area contributed by atoms with Gasteiger partial charge in [-0.3, -0.25) is 0 Å². The molecule has 0 aliphatic carbocycles. The highest BCUT2D eigenvalue weighted by atomic mass is 35.5. The first kappa shape index (κ1) is 33.4. The van der Waals surface area contributed by atoms with E-state index in [1.165, 1.54) is 0 Å². The molecular formula is C44H36ClN9. The van der Waals surface area contributed by atoms with E-state index in [0.717, 1.165) is 79.1 Å². The van der Waals surface area contributed by atoms with Crippen LogP contribution in [0.3, 0.4) is 0 Å². The number of pyridine rings is 1. The summed E-state index contributed by atoms with van der Waals surface area (Å²) in [5.74, 6) is 1.45. The van der Waals surface area contributed by atoms with E-state index in [4.69, 9.17) is 42.1 Å². The van der Waals surface area contributed by atoms with Gasteiger partial charge in [0.2, 0.25) is 5.82 Å². The number of aryl methyl sites for hydroxylation is 3. The van der Waals surface area contributed by atoms with Crippen molar-refractivity contribution >= 4 is 33.7 Å². The molecule has 5 aromatic carbocycles. The zero-order valence-electron chi connectivity index (χ0n) is 30.1. The monoisotopic (exact) mass is 725 g/mol. The molecule has 0 amide bonds. The maximum absolute atomic E-state index is 7.23. The molecule has 10 heteroatoms. The van der Waals surface area contributed by atoms with Gasteiger partial charge in [-0.2, -0.15) is 5.10 Å². The van der Waals surface area contributed by atoms with Crippen molar-refractivity contribution in [3.8, 4) is 17.1 Å². The summed E-state index contributed by atoms with van der Waals surface area (Å²) < 4.78 is 3.97. The Bertz CT molecular complexity index is 2670. The molecule has 4 aromatic heterocycles. The van der Waals surface area contributed by atoms with Crippen LogP contribution in [0.15, 0.2) is 140 Å². The summed E-state index contributed by atoms with van der Waals surface area (Å²) in [6.07, 6.45) is 0.800. The first-order chi connectivity index (χ1) is 26.4. The lowest BCUT2D eigenvalue weighted by atomic mass is 9.77. The second-order valence-electron chi connectivity index (χ2n) is 13.5. The molecule has 0 saturated heterocycles. The maximum Gasteiger partial charge on any atom is 0.207 e. The molecule has 0 fully saturated rings. The van der Waals surface area contributed by atoms with Crippen molar-refractivity contribution < 1.29 is 0 Å². The molecule has 0 saturated carbocycles. The molecule has 0 radical (unpaired) electrons. The zero-order valence-corrected chi connectivity index (χ0v) is 30.9. The summed E-state index contributed by atoms with van der Waals surface area (Å²) in [7, 11) is 0. The van der Waals surface area contributed by atoms with Crippen LogP contribution in [0, 0.1) is 13.8 Å². The molecule has 0 aliphatic rings. The van der Waals surface area contributed by atoms with Crippen molar-refractivity contribution in [2.75, 3.05) is 0 Å². The van der Waals surface area contributed by atoms with E-state index < -0.39 is 5.54 Å². The number of fused-ring (bicyclic) bond motifs is 2. The highest BCUT2D eigenvalue weighted by Gasteiger charge is 2.41.